The largest absolute Gasteiger partial charge is 0.325 e. The lowest BCUT2D eigenvalue weighted by Gasteiger charge is -2.26. The molecule has 96 valence electrons. The molecule has 6 heteroatoms. The molecule has 1 fully saturated rings. The minimum Gasteiger partial charge on any atom is -0.325 e. The van der Waals surface area contributed by atoms with Crippen LogP contribution in [0.2, 0.25) is 0 Å². The number of urea groups is 1. The molecule has 0 aromatic carbocycles. The summed E-state index contributed by atoms with van der Waals surface area (Å²) in [7, 11) is 0. The molecule has 1 aliphatic heterocycles. The first kappa shape index (κ1) is 16.0. The molecule has 1 saturated heterocycles. The van der Waals surface area contributed by atoms with Crippen molar-refractivity contribution in [3.05, 3.63) is 24.5 Å². The molecule has 0 bridgehead atoms. The Morgan fingerprint density at radius 3 is 2.53 bits per heavy atom. The van der Waals surface area contributed by atoms with E-state index in [1.807, 2.05) is 17.0 Å². The van der Waals surface area contributed by atoms with Crippen molar-refractivity contribution in [1.29, 1.82) is 0 Å². The van der Waals surface area contributed by atoms with Crippen molar-refractivity contribution >= 4 is 36.5 Å². The van der Waals surface area contributed by atoms with E-state index >= 15 is 0 Å². The number of amides is 2. The topological polar surface area (TPSA) is 45.2 Å². The molecule has 0 spiro atoms. The fourth-order valence-electron chi connectivity index (χ4n) is 1.74. The SMILES string of the molecule is Cl.Cl.O=C(Nc1cccnc1)N1CCCCC1. The molecule has 0 atom stereocenters. The summed E-state index contributed by atoms with van der Waals surface area (Å²) in [5.74, 6) is 0. The van der Waals surface area contributed by atoms with Crippen molar-refractivity contribution in [1.82, 2.24) is 9.88 Å². The lowest BCUT2D eigenvalue weighted by atomic mass is 10.1. The first-order chi connectivity index (χ1) is 7.36. The maximum atomic E-state index is 11.8. The van der Waals surface area contributed by atoms with E-state index in [-0.39, 0.29) is 30.8 Å². The Balaban J connectivity index is 0.00000128. The highest BCUT2D eigenvalue weighted by Gasteiger charge is 2.15. The van der Waals surface area contributed by atoms with Gasteiger partial charge in [0.2, 0.25) is 0 Å². The third-order valence-corrected chi connectivity index (χ3v) is 2.56. The quantitative estimate of drug-likeness (QED) is 0.858. The summed E-state index contributed by atoms with van der Waals surface area (Å²) in [6, 6.07) is 3.64. The van der Waals surface area contributed by atoms with Crippen LogP contribution in [0.15, 0.2) is 24.5 Å². The fourth-order valence-corrected chi connectivity index (χ4v) is 1.74. The van der Waals surface area contributed by atoms with Gasteiger partial charge in [0.25, 0.3) is 0 Å². The second-order valence-electron chi connectivity index (χ2n) is 3.72. The molecule has 1 N–H and O–H groups in total. The lowest BCUT2D eigenvalue weighted by molar-refractivity contribution is 0.200. The second-order valence-corrected chi connectivity index (χ2v) is 3.72. The summed E-state index contributed by atoms with van der Waals surface area (Å²) in [5.41, 5.74) is 0.757. The molecule has 2 heterocycles. The number of carbonyl (C=O) groups is 1. The first-order valence-corrected chi connectivity index (χ1v) is 5.32. The van der Waals surface area contributed by atoms with Gasteiger partial charge in [-0.1, -0.05) is 0 Å². The molecule has 0 saturated carbocycles. The van der Waals surface area contributed by atoms with Crippen LogP contribution in [0.5, 0.6) is 0 Å². The highest BCUT2D eigenvalue weighted by molar-refractivity contribution is 5.89. The fraction of sp³-hybridized carbons (Fsp3) is 0.455. The van der Waals surface area contributed by atoms with Crippen molar-refractivity contribution in [3.63, 3.8) is 0 Å². The maximum Gasteiger partial charge on any atom is 0.321 e. The van der Waals surface area contributed by atoms with Gasteiger partial charge in [0.05, 0.1) is 11.9 Å². The molecule has 2 amide bonds. The summed E-state index contributed by atoms with van der Waals surface area (Å²) < 4.78 is 0. The van der Waals surface area contributed by atoms with E-state index in [2.05, 4.69) is 10.3 Å². The zero-order valence-corrected chi connectivity index (χ0v) is 11.1. The van der Waals surface area contributed by atoms with E-state index in [9.17, 15) is 4.79 Å². The summed E-state index contributed by atoms with van der Waals surface area (Å²) in [4.78, 5) is 17.6. The van der Waals surface area contributed by atoms with Crippen LogP contribution in [-0.2, 0) is 0 Å². The third-order valence-electron chi connectivity index (χ3n) is 2.56. The Morgan fingerprint density at radius 2 is 1.94 bits per heavy atom. The molecule has 2 rings (SSSR count). The van der Waals surface area contributed by atoms with Gasteiger partial charge in [-0.2, -0.15) is 0 Å². The number of pyridine rings is 1. The number of piperidine rings is 1. The van der Waals surface area contributed by atoms with Crippen molar-refractivity contribution < 1.29 is 4.79 Å². The van der Waals surface area contributed by atoms with E-state index in [0.29, 0.717) is 0 Å². The van der Waals surface area contributed by atoms with Crippen LogP contribution < -0.4 is 5.32 Å². The van der Waals surface area contributed by atoms with Crippen LogP contribution in [0.3, 0.4) is 0 Å². The molecule has 1 aliphatic rings. The number of rotatable bonds is 1. The van der Waals surface area contributed by atoms with Crippen molar-refractivity contribution in [2.24, 2.45) is 0 Å². The van der Waals surface area contributed by atoms with Gasteiger partial charge >= 0.3 is 6.03 Å². The van der Waals surface area contributed by atoms with Gasteiger partial charge < -0.3 is 10.2 Å². The molecule has 1 aromatic heterocycles. The predicted molar refractivity (Wildman–Crippen MR) is 73.2 cm³/mol. The average molecular weight is 278 g/mol. The summed E-state index contributed by atoms with van der Waals surface area (Å²) in [5, 5.41) is 2.84. The maximum absolute atomic E-state index is 11.8. The molecule has 0 aliphatic carbocycles. The molecule has 0 unspecified atom stereocenters. The molecule has 0 radical (unpaired) electrons. The number of hydrogen-bond acceptors (Lipinski definition) is 2. The highest BCUT2D eigenvalue weighted by atomic mass is 35.5. The monoisotopic (exact) mass is 277 g/mol. The van der Waals surface area contributed by atoms with Crippen LogP contribution in [-0.4, -0.2) is 29.0 Å². The molecular formula is C11H17Cl2N3O. The summed E-state index contributed by atoms with van der Waals surface area (Å²) in [6.45, 7) is 1.73. The van der Waals surface area contributed by atoms with E-state index in [1.165, 1.54) is 6.42 Å². The van der Waals surface area contributed by atoms with E-state index < -0.39 is 0 Å². The number of carbonyl (C=O) groups excluding carboxylic acids is 1. The second kappa shape index (κ2) is 8.14. The average Bonchev–Trinajstić information content (AvgIpc) is 2.31. The van der Waals surface area contributed by atoms with Gasteiger partial charge in [0.15, 0.2) is 0 Å². The highest BCUT2D eigenvalue weighted by Crippen LogP contribution is 2.11. The normalized spacial score (nSPS) is 14.2. The van der Waals surface area contributed by atoms with E-state index in [1.54, 1.807) is 12.4 Å². The van der Waals surface area contributed by atoms with Crippen LogP contribution in [0.25, 0.3) is 0 Å². The van der Waals surface area contributed by atoms with Crippen molar-refractivity contribution in [2.75, 3.05) is 18.4 Å². The zero-order valence-electron chi connectivity index (χ0n) is 9.46. The Labute approximate surface area is 114 Å². The van der Waals surface area contributed by atoms with Crippen molar-refractivity contribution in [2.45, 2.75) is 19.3 Å². The van der Waals surface area contributed by atoms with E-state index in [0.717, 1.165) is 31.6 Å². The van der Waals surface area contributed by atoms with Crippen LogP contribution in [0, 0.1) is 0 Å². The van der Waals surface area contributed by atoms with Crippen LogP contribution >= 0.6 is 24.8 Å². The summed E-state index contributed by atoms with van der Waals surface area (Å²) in [6.07, 6.45) is 6.80. The van der Waals surface area contributed by atoms with Crippen molar-refractivity contribution in [3.8, 4) is 0 Å². The van der Waals surface area contributed by atoms with Crippen LogP contribution in [0.4, 0.5) is 10.5 Å². The minimum absolute atomic E-state index is 0. The van der Waals surface area contributed by atoms with Gasteiger partial charge in [0, 0.05) is 19.3 Å². The van der Waals surface area contributed by atoms with Gasteiger partial charge in [-0.25, -0.2) is 4.79 Å². The zero-order chi connectivity index (χ0) is 10.5. The molecular weight excluding hydrogens is 261 g/mol. The Kier molecular flexibility index (Phi) is 7.66. The van der Waals surface area contributed by atoms with Gasteiger partial charge in [-0.3, -0.25) is 4.98 Å². The number of hydrogen-bond donors (Lipinski definition) is 1. The number of anilines is 1. The molecule has 17 heavy (non-hydrogen) atoms. The lowest BCUT2D eigenvalue weighted by Crippen LogP contribution is -2.38. The number of nitrogens with one attached hydrogen (secondary N) is 1. The number of aromatic nitrogens is 1. The molecule has 1 aromatic rings. The smallest absolute Gasteiger partial charge is 0.321 e. The van der Waals surface area contributed by atoms with Gasteiger partial charge in [-0.05, 0) is 31.4 Å². The molecule has 4 nitrogen and oxygen atoms in total. The van der Waals surface area contributed by atoms with Crippen LogP contribution in [0.1, 0.15) is 19.3 Å². The number of nitrogens with zero attached hydrogens (tertiary/aromatic N) is 2. The van der Waals surface area contributed by atoms with Gasteiger partial charge in [-0.15, -0.1) is 24.8 Å². The van der Waals surface area contributed by atoms with Gasteiger partial charge in [0.1, 0.15) is 0 Å². The minimum atomic E-state index is -0.0114. The predicted octanol–water partition coefficient (Wildman–Crippen LogP) is 2.94. The third kappa shape index (κ3) is 4.79. The number of likely N-dealkylation sites (tertiary alicyclic amines) is 1. The van der Waals surface area contributed by atoms with E-state index in [4.69, 9.17) is 0 Å². The first-order valence-electron chi connectivity index (χ1n) is 5.32. The number of halogens is 2. The standard InChI is InChI=1S/C11H15N3O.2ClH/c15-11(14-7-2-1-3-8-14)13-10-5-4-6-12-9-10;;/h4-6,9H,1-3,7-8H2,(H,13,15);2*1H. The summed E-state index contributed by atoms with van der Waals surface area (Å²) >= 11 is 0. The Hall–Kier alpha value is -1.00. The Morgan fingerprint density at radius 1 is 1.24 bits per heavy atom. The Bertz CT molecular complexity index is 329.